The molecule has 1 aromatic carbocycles. The summed E-state index contributed by atoms with van der Waals surface area (Å²) in [4.78, 5) is 14.2. The molecule has 5 nitrogen and oxygen atoms in total. The van der Waals surface area contributed by atoms with E-state index < -0.39 is 0 Å². The van der Waals surface area contributed by atoms with E-state index in [-0.39, 0.29) is 12.1 Å². The van der Waals surface area contributed by atoms with Crippen molar-refractivity contribution in [3.8, 4) is 0 Å². The first kappa shape index (κ1) is 19.7. The van der Waals surface area contributed by atoms with Crippen molar-refractivity contribution in [2.75, 3.05) is 20.1 Å². The van der Waals surface area contributed by atoms with Gasteiger partial charge in [-0.2, -0.15) is 0 Å². The van der Waals surface area contributed by atoms with Crippen molar-refractivity contribution < 1.29 is 9.53 Å². The minimum absolute atomic E-state index is 0.243. The number of nitrogens with one attached hydrogen (secondary N) is 2. The molecule has 25 heavy (non-hydrogen) atoms. The molecule has 0 atom stereocenters. The summed E-state index contributed by atoms with van der Waals surface area (Å²) in [7, 11) is 2.18. The van der Waals surface area contributed by atoms with E-state index in [1.165, 1.54) is 12.8 Å². The molecule has 0 heterocycles. The smallest absolute Gasteiger partial charge is 0.407 e. The number of rotatable bonds is 10. The van der Waals surface area contributed by atoms with Crippen LogP contribution in [0.1, 0.15) is 45.1 Å². The average Bonchev–Trinajstić information content (AvgIpc) is 2.57. The van der Waals surface area contributed by atoms with Crippen LogP contribution in [-0.2, 0) is 11.3 Å². The maximum Gasteiger partial charge on any atom is 0.407 e. The Balaban J connectivity index is 1.46. The maximum atomic E-state index is 11.8. The van der Waals surface area contributed by atoms with Gasteiger partial charge in [0.15, 0.2) is 0 Å². The number of ether oxygens (including phenoxy) is 1. The topological polar surface area (TPSA) is 53.6 Å². The van der Waals surface area contributed by atoms with Crippen LogP contribution in [0.3, 0.4) is 0 Å². The van der Waals surface area contributed by atoms with Crippen molar-refractivity contribution >= 4 is 6.09 Å². The molecule has 1 saturated carbocycles. The predicted molar refractivity (Wildman–Crippen MR) is 102 cm³/mol. The molecule has 140 valence electrons. The number of benzene rings is 1. The fourth-order valence-corrected chi connectivity index (χ4v) is 2.88. The highest BCUT2D eigenvalue weighted by Crippen LogP contribution is 2.20. The number of carbonyl (C=O) groups excluding carboxylic acids is 1. The lowest BCUT2D eigenvalue weighted by Crippen LogP contribution is -2.52. The van der Waals surface area contributed by atoms with Crippen molar-refractivity contribution in [1.82, 2.24) is 15.5 Å². The van der Waals surface area contributed by atoms with Gasteiger partial charge >= 0.3 is 6.09 Å². The molecule has 1 fully saturated rings. The maximum absolute atomic E-state index is 11.8. The molecule has 0 unspecified atom stereocenters. The molecule has 0 radical (unpaired) electrons. The minimum atomic E-state index is -0.316. The zero-order valence-corrected chi connectivity index (χ0v) is 15.8. The van der Waals surface area contributed by atoms with Crippen LogP contribution in [0.4, 0.5) is 4.79 Å². The quantitative estimate of drug-likeness (QED) is 0.639. The SMILES string of the molecule is CC(C)N(C)CCCCNC1CC(NC(=O)OCc2ccccc2)C1. The Morgan fingerprint density at radius 1 is 1.20 bits per heavy atom. The van der Waals surface area contributed by atoms with Gasteiger partial charge in [0.1, 0.15) is 6.61 Å². The van der Waals surface area contributed by atoms with Crippen molar-refractivity contribution in [2.24, 2.45) is 0 Å². The van der Waals surface area contributed by atoms with E-state index in [1.54, 1.807) is 0 Å². The molecule has 1 aromatic rings. The first-order valence-electron chi connectivity index (χ1n) is 9.45. The molecule has 5 heteroatoms. The number of carbonyl (C=O) groups is 1. The third-order valence-corrected chi connectivity index (χ3v) is 4.92. The van der Waals surface area contributed by atoms with Crippen LogP contribution in [0.15, 0.2) is 30.3 Å². The van der Waals surface area contributed by atoms with Gasteiger partial charge in [0.2, 0.25) is 0 Å². The molecule has 1 aliphatic carbocycles. The van der Waals surface area contributed by atoms with E-state index in [1.807, 2.05) is 30.3 Å². The largest absolute Gasteiger partial charge is 0.445 e. The molecule has 0 aliphatic heterocycles. The van der Waals surface area contributed by atoms with Crippen LogP contribution in [0.5, 0.6) is 0 Å². The Kier molecular flexibility index (Phi) is 8.22. The standard InChI is InChI=1S/C20H33N3O2/c1-16(2)23(3)12-8-7-11-21-18-13-19(14-18)22-20(24)25-15-17-9-5-4-6-10-17/h4-6,9-10,16,18-19,21H,7-8,11-15H2,1-3H3,(H,22,24). The second kappa shape index (κ2) is 10.4. The van der Waals surface area contributed by atoms with Crippen molar-refractivity contribution in [1.29, 1.82) is 0 Å². The van der Waals surface area contributed by atoms with Crippen LogP contribution in [0, 0.1) is 0 Å². The van der Waals surface area contributed by atoms with E-state index in [2.05, 4.69) is 36.4 Å². The zero-order chi connectivity index (χ0) is 18.1. The summed E-state index contributed by atoms with van der Waals surface area (Å²) >= 11 is 0. The van der Waals surface area contributed by atoms with E-state index in [9.17, 15) is 4.79 Å². The number of nitrogens with zero attached hydrogens (tertiary/aromatic N) is 1. The first-order valence-corrected chi connectivity index (χ1v) is 9.45. The third-order valence-electron chi connectivity index (χ3n) is 4.92. The molecule has 0 aromatic heterocycles. The van der Waals surface area contributed by atoms with E-state index in [0.717, 1.165) is 31.5 Å². The summed E-state index contributed by atoms with van der Waals surface area (Å²) in [6.07, 6.45) is 4.09. The summed E-state index contributed by atoms with van der Waals surface area (Å²) in [5, 5.41) is 6.51. The van der Waals surface area contributed by atoms with Gasteiger partial charge in [-0.3, -0.25) is 0 Å². The molecular formula is C20H33N3O2. The molecule has 1 amide bonds. The Labute approximate surface area is 152 Å². The number of alkyl carbamates (subject to hydrolysis) is 1. The number of amides is 1. The van der Waals surface area contributed by atoms with Gasteiger partial charge in [-0.15, -0.1) is 0 Å². The molecule has 1 aliphatic rings. The highest BCUT2D eigenvalue weighted by molar-refractivity contribution is 5.67. The second-order valence-corrected chi connectivity index (χ2v) is 7.31. The summed E-state index contributed by atoms with van der Waals surface area (Å²) in [6, 6.07) is 11.1. The van der Waals surface area contributed by atoms with Crippen LogP contribution in [0.2, 0.25) is 0 Å². The van der Waals surface area contributed by atoms with Gasteiger partial charge in [0.25, 0.3) is 0 Å². The molecule has 2 N–H and O–H groups in total. The molecular weight excluding hydrogens is 314 g/mol. The Bertz CT molecular complexity index is 501. The van der Waals surface area contributed by atoms with Crippen LogP contribution < -0.4 is 10.6 Å². The Hall–Kier alpha value is -1.59. The third kappa shape index (κ3) is 7.45. The van der Waals surface area contributed by atoms with Gasteiger partial charge in [0, 0.05) is 18.1 Å². The molecule has 0 saturated heterocycles. The predicted octanol–water partition coefficient (Wildman–Crippen LogP) is 3.15. The highest BCUT2D eigenvalue weighted by atomic mass is 16.5. The summed E-state index contributed by atoms with van der Waals surface area (Å²) in [6.45, 7) is 6.99. The van der Waals surface area contributed by atoms with Gasteiger partial charge in [0.05, 0.1) is 0 Å². The van der Waals surface area contributed by atoms with Crippen molar-refractivity contribution in [3.05, 3.63) is 35.9 Å². The summed E-state index contributed by atoms with van der Waals surface area (Å²) < 4.78 is 5.25. The lowest BCUT2D eigenvalue weighted by Gasteiger charge is -2.36. The number of hydrogen-bond donors (Lipinski definition) is 2. The van der Waals surface area contributed by atoms with Gasteiger partial charge < -0.3 is 20.3 Å². The van der Waals surface area contributed by atoms with Gasteiger partial charge in [-0.1, -0.05) is 30.3 Å². The lowest BCUT2D eigenvalue weighted by atomic mass is 9.87. The summed E-state index contributed by atoms with van der Waals surface area (Å²) in [5.41, 5.74) is 1.01. The molecule has 0 spiro atoms. The van der Waals surface area contributed by atoms with Crippen LogP contribution in [-0.4, -0.2) is 49.3 Å². The second-order valence-electron chi connectivity index (χ2n) is 7.31. The zero-order valence-electron chi connectivity index (χ0n) is 15.8. The van der Waals surface area contributed by atoms with E-state index >= 15 is 0 Å². The van der Waals surface area contributed by atoms with Crippen LogP contribution >= 0.6 is 0 Å². The van der Waals surface area contributed by atoms with Crippen molar-refractivity contribution in [2.45, 2.75) is 64.3 Å². The molecule has 0 bridgehead atoms. The monoisotopic (exact) mass is 347 g/mol. The van der Waals surface area contributed by atoms with Gasteiger partial charge in [-0.05, 0) is 65.2 Å². The average molecular weight is 348 g/mol. The van der Waals surface area contributed by atoms with Gasteiger partial charge in [-0.25, -0.2) is 4.79 Å². The first-order chi connectivity index (χ1) is 12.0. The Morgan fingerprint density at radius 2 is 1.92 bits per heavy atom. The van der Waals surface area contributed by atoms with Crippen LogP contribution in [0.25, 0.3) is 0 Å². The lowest BCUT2D eigenvalue weighted by molar-refractivity contribution is 0.125. The molecule has 2 rings (SSSR count). The fraction of sp³-hybridized carbons (Fsp3) is 0.650. The van der Waals surface area contributed by atoms with Crippen molar-refractivity contribution in [3.63, 3.8) is 0 Å². The minimum Gasteiger partial charge on any atom is -0.445 e. The Morgan fingerprint density at radius 3 is 2.60 bits per heavy atom. The highest BCUT2D eigenvalue weighted by Gasteiger charge is 2.30. The number of unbranched alkanes of at least 4 members (excludes halogenated alkanes) is 1. The normalized spacial score (nSPS) is 19.7. The summed E-state index contributed by atoms with van der Waals surface area (Å²) in [5.74, 6) is 0. The van der Waals surface area contributed by atoms with E-state index in [4.69, 9.17) is 4.74 Å². The number of hydrogen-bond acceptors (Lipinski definition) is 4. The van der Waals surface area contributed by atoms with E-state index in [0.29, 0.717) is 18.7 Å². The fourth-order valence-electron chi connectivity index (χ4n) is 2.88.